The summed E-state index contributed by atoms with van der Waals surface area (Å²) < 4.78 is 32.9. The Morgan fingerprint density at radius 2 is 1.77 bits per heavy atom. The number of carbonyl (C=O) groups is 4. The molecule has 0 aliphatic carbocycles. The van der Waals surface area contributed by atoms with Gasteiger partial charge in [-0.1, -0.05) is 33.1 Å². The van der Waals surface area contributed by atoms with Gasteiger partial charge in [-0.2, -0.15) is 5.06 Å². The number of hydroxylamine groups is 2. The molecule has 15 nitrogen and oxygen atoms in total. The molecule has 286 valence electrons. The second kappa shape index (κ2) is 20.3. The summed E-state index contributed by atoms with van der Waals surface area (Å²) in [6, 6.07) is 12.2. The Morgan fingerprint density at radius 1 is 1.02 bits per heavy atom. The Labute approximate surface area is 309 Å². The Balaban J connectivity index is 1.40. The Bertz CT molecular complexity index is 1730. The molecule has 0 bridgehead atoms. The van der Waals surface area contributed by atoms with Gasteiger partial charge in [-0.15, -0.1) is 4.89 Å². The van der Waals surface area contributed by atoms with E-state index in [-0.39, 0.29) is 23.9 Å². The van der Waals surface area contributed by atoms with E-state index in [1.807, 2.05) is 19.1 Å². The number of aryl methyl sites for hydroxylation is 1. The number of hydrogen-bond donors (Lipinski definition) is 3. The van der Waals surface area contributed by atoms with Crippen LogP contribution in [-0.2, 0) is 23.7 Å². The van der Waals surface area contributed by atoms with Crippen LogP contribution in [-0.4, -0.2) is 79.8 Å². The molecule has 1 saturated heterocycles. The van der Waals surface area contributed by atoms with Gasteiger partial charge < -0.3 is 34.3 Å². The molecule has 53 heavy (non-hydrogen) atoms. The van der Waals surface area contributed by atoms with Crippen LogP contribution in [0.15, 0.2) is 52.9 Å². The number of carbonyl (C=O) groups excluding carboxylic acids is 4. The predicted octanol–water partition coefficient (Wildman–Crippen LogP) is 5.53. The van der Waals surface area contributed by atoms with Gasteiger partial charge in [-0.05, 0) is 74.7 Å². The number of rotatable bonds is 20. The number of benzene rings is 2. The van der Waals surface area contributed by atoms with E-state index in [9.17, 15) is 28.6 Å². The highest BCUT2D eigenvalue weighted by atomic mass is 31.1. The predicted molar refractivity (Wildman–Crippen MR) is 195 cm³/mol. The van der Waals surface area contributed by atoms with Crippen molar-refractivity contribution in [2.45, 2.75) is 65.8 Å². The summed E-state index contributed by atoms with van der Waals surface area (Å²) in [5.41, 5.74) is 2.39. The average Bonchev–Trinajstić information content (AvgIpc) is 3.65. The molecule has 2 heterocycles. The fourth-order valence-electron chi connectivity index (χ4n) is 6.11. The summed E-state index contributed by atoms with van der Waals surface area (Å²) in [5, 5.41) is 6.26. The summed E-state index contributed by atoms with van der Waals surface area (Å²) in [6.45, 7) is 10.3. The van der Waals surface area contributed by atoms with Crippen molar-refractivity contribution in [2.75, 3.05) is 44.5 Å². The maximum atomic E-state index is 13.6. The van der Waals surface area contributed by atoms with Gasteiger partial charge in [0.2, 0.25) is 12.3 Å². The third-order valence-corrected chi connectivity index (χ3v) is 9.13. The maximum Gasteiger partial charge on any atom is 0.747 e. The lowest BCUT2D eigenvalue weighted by Gasteiger charge is -2.32. The maximum absolute atomic E-state index is 13.6. The molecule has 4 rings (SSSR count). The normalized spacial score (nSPS) is 14.1. The standard InChI is InChI=1S/C37H47N4O11P/c1-5-8-9-10-31(32(6-2)41(24-42)51-37(45)30-12-11-27(19-25(30)4)40-15-17-48-18-16-40)35(43)38-23-39-36(44)34-14-13-33(50-34)26-20-28(49-7-3)22-29(21-26)52-53(46)47/h11-14,19-22,24,31-32H,5-10,15-18,23H2,1-4H3,(H2-,38,39,43,44,46,47)/p+1. The molecule has 0 spiro atoms. The fraction of sp³-hybridized carbons (Fsp3) is 0.459. The molecule has 1 aromatic heterocycles. The smallest absolute Gasteiger partial charge is 0.494 e. The minimum absolute atomic E-state index is 0.0509. The van der Waals surface area contributed by atoms with E-state index in [0.29, 0.717) is 67.9 Å². The number of amides is 3. The van der Waals surface area contributed by atoms with Crippen molar-refractivity contribution in [1.29, 1.82) is 0 Å². The summed E-state index contributed by atoms with van der Waals surface area (Å²) >= 11 is 0. The second-order valence-corrected chi connectivity index (χ2v) is 13.0. The molecule has 3 atom stereocenters. The van der Waals surface area contributed by atoms with Crippen molar-refractivity contribution in [1.82, 2.24) is 15.7 Å². The first kappa shape index (κ1) is 40.8. The Hall–Kier alpha value is -4.98. The van der Waals surface area contributed by atoms with E-state index in [0.717, 1.165) is 36.7 Å². The van der Waals surface area contributed by atoms with E-state index < -0.39 is 38.0 Å². The van der Waals surface area contributed by atoms with Gasteiger partial charge in [0.25, 0.3) is 5.91 Å². The van der Waals surface area contributed by atoms with E-state index in [4.69, 9.17) is 23.3 Å². The number of anilines is 1. The first-order valence-corrected chi connectivity index (χ1v) is 18.9. The molecular weight excluding hydrogens is 707 g/mol. The summed E-state index contributed by atoms with van der Waals surface area (Å²) in [4.78, 5) is 69.2. The Kier molecular flexibility index (Phi) is 15.6. The van der Waals surface area contributed by atoms with Crippen LogP contribution >= 0.6 is 8.25 Å². The number of nitrogens with zero attached hydrogens (tertiary/aromatic N) is 2. The zero-order valence-corrected chi connectivity index (χ0v) is 31.4. The minimum atomic E-state index is -2.92. The second-order valence-electron chi connectivity index (χ2n) is 12.4. The molecule has 3 N–H and O–H groups in total. The van der Waals surface area contributed by atoms with Gasteiger partial charge in [0.05, 0.1) is 44.0 Å². The van der Waals surface area contributed by atoms with Gasteiger partial charge in [0, 0.05) is 35.0 Å². The highest BCUT2D eigenvalue weighted by Gasteiger charge is 2.34. The van der Waals surface area contributed by atoms with Gasteiger partial charge >= 0.3 is 14.2 Å². The zero-order chi connectivity index (χ0) is 38.3. The zero-order valence-electron chi connectivity index (χ0n) is 30.5. The van der Waals surface area contributed by atoms with E-state index in [1.54, 1.807) is 39.0 Å². The minimum Gasteiger partial charge on any atom is -0.494 e. The van der Waals surface area contributed by atoms with Crippen molar-refractivity contribution in [3.8, 4) is 22.8 Å². The molecule has 3 aromatic rings. The van der Waals surface area contributed by atoms with Gasteiger partial charge in [-0.25, -0.2) is 9.32 Å². The SMILES string of the molecule is CCCCCC(C(=O)NCNC(=O)c1ccc(-c2cc(OCC)cc(O[P+](=O)O)c2)o1)C(CC)N(C=O)OC(=O)c1ccc(N2CCOCC2)cc1C. The highest BCUT2D eigenvalue weighted by molar-refractivity contribution is 7.32. The lowest BCUT2D eigenvalue weighted by atomic mass is 9.90. The van der Waals surface area contributed by atoms with Crippen LogP contribution in [0.25, 0.3) is 11.3 Å². The van der Waals surface area contributed by atoms with Crippen LogP contribution < -0.4 is 24.8 Å². The van der Waals surface area contributed by atoms with Crippen LogP contribution in [0, 0.1) is 12.8 Å². The number of unbranched alkanes of at least 4 members (excludes halogenated alkanes) is 2. The van der Waals surface area contributed by atoms with Gasteiger partial charge in [-0.3, -0.25) is 14.4 Å². The summed E-state index contributed by atoms with van der Waals surface area (Å²) in [5.74, 6) is -1.82. The largest absolute Gasteiger partial charge is 0.747 e. The molecule has 0 radical (unpaired) electrons. The molecule has 3 unspecified atom stereocenters. The number of furan rings is 1. The van der Waals surface area contributed by atoms with Crippen molar-refractivity contribution in [3.05, 3.63) is 65.4 Å². The van der Waals surface area contributed by atoms with Crippen LogP contribution in [0.5, 0.6) is 11.5 Å². The van der Waals surface area contributed by atoms with Crippen LogP contribution in [0.2, 0.25) is 0 Å². The molecule has 16 heteroatoms. The van der Waals surface area contributed by atoms with E-state index in [1.165, 1.54) is 18.2 Å². The first-order valence-electron chi connectivity index (χ1n) is 17.8. The molecule has 2 aromatic carbocycles. The van der Waals surface area contributed by atoms with Crippen molar-refractivity contribution in [2.24, 2.45) is 5.92 Å². The molecule has 3 amide bonds. The molecule has 1 fully saturated rings. The van der Waals surface area contributed by atoms with Crippen LogP contribution in [0.1, 0.15) is 79.4 Å². The monoisotopic (exact) mass is 755 g/mol. The third kappa shape index (κ3) is 11.5. The van der Waals surface area contributed by atoms with Crippen LogP contribution in [0.4, 0.5) is 5.69 Å². The topological polar surface area (TPSA) is 186 Å². The number of morpholine rings is 1. The lowest BCUT2D eigenvalue weighted by molar-refractivity contribution is -0.171. The first-order chi connectivity index (χ1) is 25.6. The highest BCUT2D eigenvalue weighted by Crippen LogP contribution is 2.34. The van der Waals surface area contributed by atoms with Crippen molar-refractivity contribution in [3.63, 3.8) is 0 Å². The van der Waals surface area contributed by atoms with E-state index in [2.05, 4.69) is 15.5 Å². The molecular formula is C37H48N4O11P+. The van der Waals surface area contributed by atoms with Gasteiger partial charge in [0.1, 0.15) is 11.5 Å². The molecule has 0 saturated carbocycles. The number of hydrogen-bond acceptors (Lipinski definition) is 11. The van der Waals surface area contributed by atoms with E-state index >= 15 is 0 Å². The third-order valence-electron chi connectivity index (χ3n) is 8.76. The Morgan fingerprint density at radius 3 is 2.43 bits per heavy atom. The lowest BCUT2D eigenvalue weighted by Crippen LogP contribution is -2.49. The summed E-state index contributed by atoms with van der Waals surface area (Å²) in [6.07, 6.45) is 3.61. The number of nitrogens with one attached hydrogen (secondary N) is 2. The van der Waals surface area contributed by atoms with Crippen LogP contribution in [0.3, 0.4) is 0 Å². The molecule has 1 aliphatic heterocycles. The average molecular weight is 756 g/mol. The van der Waals surface area contributed by atoms with Crippen molar-refractivity contribution < 1.29 is 51.9 Å². The fourth-order valence-corrected chi connectivity index (χ4v) is 6.40. The van der Waals surface area contributed by atoms with Gasteiger partial charge in [0.15, 0.2) is 11.5 Å². The number of ether oxygens (including phenoxy) is 2. The summed E-state index contributed by atoms with van der Waals surface area (Å²) in [7, 11) is -2.92. The quantitative estimate of drug-likeness (QED) is 0.0431. The van der Waals surface area contributed by atoms with Crippen molar-refractivity contribution >= 4 is 38.1 Å². The molecule has 1 aliphatic rings.